The molecule has 0 saturated heterocycles. The van der Waals surface area contributed by atoms with E-state index in [1.807, 2.05) is 11.3 Å². The van der Waals surface area contributed by atoms with Gasteiger partial charge < -0.3 is 5.11 Å². The van der Waals surface area contributed by atoms with Crippen molar-refractivity contribution in [2.24, 2.45) is 0 Å². The third kappa shape index (κ3) is 3.33. The zero-order valence-electron chi connectivity index (χ0n) is 11.6. The summed E-state index contributed by atoms with van der Waals surface area (Å²) in [7, 11) is 0. The fourth-order valence-electron chi connectivity index (χ4n) is 2.58. The molecule has 1 aliphatic rings. The minimum absolute atomic E-state index is 0.208. The van der Waals surface area contributed by atoms with Crippen LogP contribution >= 0.6 is 11.3 Å². The van der Waals surface area contributed by atoms with Gasteiger partial charge in [0.1, 0.15) is 12.4 Å². The van der Waals surface area contributed by atoms with E-state index in [9.17, 15) is 4.39 Å². The molecule has 0 aliphatic carbocycles. The van der Waals surface area contributed by atoms with Crippen molar-refractivity contribution < 1.29 is 9.50 Å². The molecule has 1 aromatic carbocycles. The summed E-state index contributed by atoms with van der Waals surface area (Å²) in [6.45, 7) is 2.28. The van der Waals surface area contributed by atoms with Crippen molar-refractivity contribution in [1.82, 2.24) is 4.90 Å². The number of benzene rings is 1. The van der Waals surface area contributed by atoms with Crippen LogP contribution in [0.3, 0.4) is 0 Å². The van der Waals surface area contributed by atoms with Gasteiger partial charge in [-0.2, -0.15) is 0 Å². The van der Waals surface area contributed by atoms with Crippen LogP contribution in [0, 0.1) is 17.7 Å². The van der Waals surface area contributed by atoms with Gasteiger partial charge in [0.2, 0.25) is 0 Å². The maximum absolute atomic E-state index is 14.1. The topological polar surface area (TPSA) is 23.5 Å². The monoisotopic (exact) mass is 301 g/mol. The molecular weight excluding hydrogens is 285 g/mol. The number of aliphatic hydroxyl groups excluding tert-OH is 1. The molecule has 2 nitrogen and oxygen atoms in total. The molecule has 2 aromatic rings. The largest absolute Gasteiger partial charge is 0.384 e. The van der Waals surface area contributed by atoms with Crippen LogP contribution in [0.1, 0.15) is 21.6 Å². The van der Waals surface area contributed by atoms with Gasteiger partial charge in [0.05, 0.1) is 0 Å². The minimum atomic E-state index is -0.226. The Morgan fingerprint density at radius 3 is 3.05 bits per heavy atom. The number of aliphatic hydroxyl groups is 1. The SMILES string of the molecule is OCC#Cc1ccc(CN2CCc3sccc3C2)c(F)c1. The molecule has 0 radical (unpaired) electrons. The normalized spacial score (nSPS) is 14.4. The summed E-state index contributed by atoms with van der Waals surface area (Å²) >= 11 is 1.81. The molecule has 4 heteroatoms. The molecule has 0 fully saturated rings. The molecule has 1 aliphatic heterocycles. The Hall–Kier alpha value is -1.67. The molecule has 0 unspecified atom stereocenters. The van der Waals surface area contributed by atoms with E-state index in [1.165, 1.54) is 16.5 Å². The second kappa shape index (κ2) is 6.40. The predicted octanol–water partition coefficient (Wildman–Crippen LogP) is 2.79. The van der Waals surface area contributed by atoms with Crippen LogP contribution in [-0.2, 0) is 19.5 Å². The first-order valence-electron chi connectivity index (χ1n) is 6.92. The third-order valence-corrected chi connectivity index (χ3v) is 4.67. The molecule has 2 heterocycles. The molecule has 3 rings (SSSR count). The van der Waals surface area contributed by atoms with E-state index in [4.69, 9.17) is 5.11 Å². The first-order chi connectivity index (χ1) is 10.3. The summed E-state index contributed by atoms with van der Waals surface area (Å²) < 4.78 is 14.1. The zero-order valence-corrected chi connectivity index (χ0v) is 12.4. The minimum Gasteiger partial charge on any atom is -0.384 e. The number of rotatable bonds is 2. The van der Waals surface area contributed by atoms with Gasteiger partial charge in [-0.25, -0.2) is 4.39 Å². The number of nitrogens with zero attached hydrogens (tertiary/aromatic N) is 1. The molecule has 1 aromatic heterocycles. The predicted molar refractivity (Wildman–Crippen MR) is 82.5 cm³/mol. The lowest BCUT2D eigenvalue weighted by Gasteiger charge is -2.26. The van der Waals surface area contributed by atoms with Gasteiger partial charge in [0, 0.05) is 35.6 Å². The van der Waals surface area contributed by atoms with Crippen molar-refractivity contribution in [2.45, 2.75) is 19.5 Å². The first kappa shape index (κ1) is 14.3. The Kier molecular flexibility index (Phi) is 4.35. The maximum Gasteiger partial charge on any atom is 0.128 e. The average molecular weight is 301 g/mol. The Labute approximate surface area is 127 Å². The molecule has 0 saturated carbocycles. The van der Waals surface area contributed by atoms with E-state index >= 15 is 0 Å². The third-order valence-electron chi connectivity index (χ3n) is 3.65. The summed E-state index contributed by atoms with van der Waals surface area (Å²) in [6.07, 6.45) is 1.05. The van der Waals surface area contributed by atoms with Crippen LogP contribution in [0.4, 0.5) is 4.39 Å². The quantitative estimate of drug-likeness (QED) is 0.862. The summed E-state index contributed by atoms with van der Waals surface area (Å²) in [5.74, 6) is 5.03. The standard InChI is InChI=1S/C17H16FNOS/c18-16-10-13(2-1-8-20)3-4-14(16)11-19-7-5-17-15(12-19)6-9-21-17/h3-4,6,9-10,20H,5,7-8,11-12H2. The van der Waals surface area contributed by atoms with E-state index in [-0.39, 0.29) is 12.4 Å². The van der Waals surface area contributed by atoms with Gasteiger partial charge in [-0.1, -0.05) is 17.9 Å². The molecule has 0 amide bonds. The van der Waals surface area contributed by atoms with E-state index in [2.05, 4.69) is 28.2 Å². The Bertz CT molecular complexity index is 698. The van der Waals surface area contributed by atoms with Crippen molar-refractivity contribution in [2.75, 3.05) is 13.2 Å². The van der Waals surface area contributed by atoms with Crippen LogP contribution < -0.4 is 0 Å². The van der Waals surface area contributed by atoms with Gasteiger partial charge >= 0.3 is 0 Å². The fraction of sp³-hybridized carbons (Fsp3) is 0.294. The smallest absolute Gasteiger partial charge is 0.128 e. The molecule has 0 spiro atoms. The van der Waals surface area contributed by atoms with Gasteiger partial charge in [-0.3, -0.25) is 4.90 Å². The van der Waals surface area contributed by atoms with Crippen molar-refractivity contribution in [3.8, 4) is 11.8 Å². The molecule has 0 atom stereocenters. The number of hydrogen-bond acceptors (Lipinski definition) is 3. The lowest BCUT2D eigenvalue weighted by Crippen LogP contribution is -2.29. The highest BCUT2D eigenvalue weighted by molar-refractivity contribution is 7.10. The highest BCUT2D eigenvalue weighted by Gasteiger charge is 2.18. The summed E-state index contributed by atoms with van der Waals surface area (Å²) in [5.41, 5.74) is 2.67. The van der Waals surface area contributed by atoms with Crippen LogP contribution in [-0.4, -0.2) is 23.2 Å². The van der Waals surface area contributed by atoms with E-state index < -0.39 is 0 Å². The highest BCUT2D eigenvalue weighted by Crippen LogP contribution is 2.25. The van der Waals surface area contributed by atoms with Crippen molar-refractivity contribution in [3.05, 3.63) is 57.0 Å². The van der Waals surface area contributed by atoms with E-state index in [0.29, 0.717) is 17.7 Å². The number of fused-ring (bicyclic) bond motifs is 1. The average Bonchev–Trinajstić information content (AvgIpc) is 2.95. The maximum atomic E-state index is 14.1. The summed E-state index contributed by atoms with van der Waals surface area (Å²) in [4.78, 5) is 3.73. The van der Waals surface area contributed by atoms with Crippen LogP contribution in [0.5, 0.6) is 0 Å². The fourth-order valence-corrected chi connectivity index (χ4v) is 3.47. The highest BCUT2D eigenvalue weighted by atomic mass is 32.1. The van der Waals surface area contributed by atoms with Crippen LogP contribution in [0.2, 0.25) is 0 Å². The van der Waals surface area contributed by atoms with Gasteiger partial charge in [-0.05, 0) is 35.6 Å². The number of hydrogen-bond donors (Lipinski definition) is 1. The molecule has 108 valence electrons. The Morgan fingerprint density at radius 1 is 1.33 bits per heavy atom. The second-order valence-corrected chi connectivity index (χ2v) is 6.10. The lowest BCUT2D eigenvalue weighted by atomic mass is 10.1. The van der Waals surface area contributed by atoms with Crippen molar-refractivity contribution in [1.29, 1.82) is 0 Å². The van der Waals surface area contributed by atoms with Crippen molar-refractivity contribution >= 4 is 11.3 Å². The van der Waals surface area contributed by atoms with E-state index in [0.717, 1.165) is 19.5 Å². The van der Waals surface area contributed by atoms with Crippen LogP contribution in [0.25, 0.3) is 0 Å². The van der Waals surface area contributed by atoms with Gasteiger partial charge in [-0.15, -0.1) is 11.3 Å². The number of halogens is 1. The summed E-state index contributed by atoms with van der Waals surface area (Å²) in [5, 5.41) is 10.8. The number of thiophene rings is 1. The first-order valence-corrected chi connectivity index (χ1v) is 7.80. The molecule has 1 N–H and O–H groups in total. The van der Waals surface area contributed by atoms with Gasteiger partial charge in [0.15, 0.2) is 0 Å². The summed E-state index contributed by atoms with van der Waals surface area (Å²) in [6, 6.07) is 7.20. The second-order valence-electron chi connectivity index (χ2n) is 5.10. The van der Waals surface area contributed by atoms with E-state index in [1.54, 1.807) is 12.1 Å². The van der Waals surface area contributed by atoms with Crippen LogP contribution in [0.15, 0.2) is 29.6 Å². The van der Waals surface area contributed by atoms with Crippen molar-refractivity contribution in [3.63, 3.8) is 0 Å². The lowest BCUT2D eigenvalue weighted by molar-refractivity contribution is 0.244. The molecular formula is C17H16FNOS. The zero-order chi connectivity index (χ0) is 14.7. The van der Waals surface area contributed by atoms with Gasteiger partial charge in [0.25, 0.3) is 0 Å². The Morgan fingerprint density at radius 2 is 2.24 bits per heavy atom. The Balaban J connectivity index is 1.71. The molecule has 21 heavy (non-hydrogen) atoms. The molecule has 0 bridgehead atoms.